The highest BCUT2D eigenvalue weighted by molar-refractivity contribution is 7.89. The third kappa shape index (κ3) is 5.84. The van der Waals surface area contributed by atoms with E-state index >= 15 is 0 Å². The summed E-state index contributed by atoms with van der Waals surface area (Å²) in [5.74, 6) is -3.01. The molecule has 0 aliphatic heterocycles. The summed E-state index contributed by atoms with van der Waals surface area (Å²) in [7, 11) is -1.34. The van der Waals surface area contributed by atoms with Gasteiger partial charge < -0.3 is 15.8 Å². The molecule has 0 unspecified atom stereocenters. The summed E-state index contributed by atoms with van der Waals surface area (Å²) in [5.41, 5.74) is 3.53. The number of hydrogen-bond donors (Lipinski definition) is 2. The van der Waals surface area contributed by atoms with Gasteiger partial charge in [0.2, 0.25) is 15.8 Å². The lowest BCUT2D eigenvalue weighted by Gasteiger charge is -2.18. The quantitative estimate of drug-likeness (QED) is 0.295. The summed E-state index contributed by atoms with van der Waals surface area (Å²) in [5, 5.41) is 2.28. The molecular weight excluding hydrogens is 482 g/mol. The molecule has 0 radical (unpaired) electrons. The highest BCUT2D eigenvalue weighted by Crippen LogP contribution is 2.17. The van der Waals surface area contributed by atoms with Gasteiger partial charge in [-0.05, 0) is 18.2 Å². The van der Waals surface area contributed by atoms with Crippen LogP contribution in [0, 0.1) is 0 Å². The molecule has 3 N–H and O–H groups in total. The molecule has 1 aromatic carbocycles. The minimum atomic E-state index is -3.78. The van der Waals surface area contributed by atoms with Gasteiger partial charge >= 0.3 is 11.7 Å². The maximum atomic E-state index is 12.6. The van der Waals surface area contributed by atoms with Crippen molar-refractivity contribution in [1.29, 1.82) is 0 Å². The molecule has 0 spiro atoms. The Bertz CT molecular complexity index is 1370. The Kier molecular flexibility index (Phi) is 8.71. The Morgan fingerprint density at radius 1 is 1.09 bits per heavy atom. The highest BCUT2D eigenvalue weighted by atomic mass is 32.2. The first kappa shape index (κ1) is 27.5. The first-order valence-electron chi connectivity index (χ1n) is 10.5. The zero-order valence-electron chi connectivity index (χ0n) is 19.7. The Balaban J connectivity index is 2.04. The number of nitrogens with zero attached hydrogens (tertiary/aromatic N) is 3. The molecule has 0 aliphatic carbocycles. The Morgan fingerprint density at radius 3 is 2.31 bits per heavy atom. The molecule has 1 aromatic heterocycles. The van der Waals surface area contributed by atoms with Crippen molar-refractivity contribution in [2.24, 2.45) is 14.1 Å². The van der Waals surface area contributed by atoms with Crippen molar-refractivity contribution in [3.05, 3.63) is 56.2 Å². The van der Waals surface area contributed by atoms with Crippen LogP contribution in [-0.4, -0.2) is 65.8 Å². The number of nitrogen functional groups attached to an aromatic ring is 1. The molecular formula is C21H27N5O8S. The van der Waals surface area contributed by atoms with Crippen LogP contribution in [0.15, 0.2) is 38.8 Å². The number of rotatable bonds is 10. The second kappa shape index (κ2) is 11.1. The van der Waals surface area contributed by atoms with Crippen LogP contribution < -0.4 is 22.3 Å². The lowest BCUT2D eigenvalue weighted by atomic mass is 10.2. The Hall–Kier alpha value is -3.78. The smallest absolute Gasteiger partial charge is 0.332 e. The molecule has 1 heterocycles. The molecule has 0 atom stereocenters. The van der Waals surface area contributed by atoms with Crippen LogP contribution in [0.4, 0.5) is 5.82 Å². The van der Waals surface area contributed by atoms with E-state index in [1.165, 1.54) is 42.7 Å². The van der Waals surface area contributed by atoms with Crippen LogP contribution in [-0.2, 0) is 33.7 Å². The lowest BCUT2D eigenvalue weighted by molar-refractivity contribution is -0.141. The number of amides is 1. The van der Waals surface area contributed by atoms with E-state index in [1.54, 1.807) is 13.8 Å². The highest BCUT2D eigenvalue weighted by Gasteiger charge is 2.23. The summed E-state index contributed by atoms with van der Waals surface area (Å²) in [6, 6.07) is 5.33. The predicted octanol–water partition coefficient (Wildman–Crippen LogP) is -1.15. The summed E-state index contributed by atoms with van der Waals surface area (Å²) >= 11 is 0. The van der Waals surface area contributed by atoms with E-state index in [-0.39, 0.29) is 29.4 Å². The maximum Gasteiger partial charge on any atom is 0.332 e. The summed E-state index contributed by atoms with van der Waals surface area (Å²) in [6.07, 6.45) is 0. The molecule has 0 bridgehead atoms. The molecule has 0 aliphatic rings. The second-order valence-electron chi connectivity index (χ2n) is 7.35. The minimum Gasteiger partial charge on any atom is -0.456 e. The van der Waals surface area contributed by atoms with Gasteiger partial charge in [-0.2, -0.15) is 4.31 Å². The second-order valence-corrected chi connectivity index (χ2v) is 9.29. The summed E-state index contributed by atoms with van der Waals surface area (Å²) < 4.78 is 32.9. The number of carbonyl (C=O) groups is 3. The van der Waals surface area contributed by atoms with Crippen molar-refractivity contribution in [2.45, 2.75) is 18.7 Å². The van der Waals surface area contributed by atoms with Crippen LogP contribution in [0.3, 0.4) is 0 Å². The standard InChI is InChI=1S/C21H27N5O8S/c1-5-26(6-2)35(32,33)14-9-7-8-13(10-14)19(29)23-11-16(28)34-12-15(27)17-18(22)24(3)21(31)25(4)20(17)30/h7-10H,5-6,11-12,22H2,1-4H3,(H,23,29). The van der Waals surface area contributed by atoms with Gasteiger partial charge in [0.05, 0.1) is 4.90 Å². The van der Waals surface area contributed by atoms with Crippen molar-refractivity contribution in [3.8, 4) is 0 Å². The lowest BCUT2D eigenvalue weighted by Crippen LogP contribution is -2.42. The van der Waals surface area contributed by atoms with E-state index in [2.05, 4.69) is 5.32 Å². The Labute approximate surface area is 201 Å². The van der Waals surface area contributed by atoms with Gasteiger partial charge in [0.25, 0.3) is 11.5 Å². The molecule has 0 saturated carbocycles. The van der Waals surface area contributed by atoms with Crippen LogP contribution in [0.1, 0.15) is 34.6 Å². The van der Waals surface area contributed by atoms with Crippen LogP contribution >= 0.6 is 0 Å². The fourth-order valence-electron chi connectivity index (χ4n) is 3.16. The molecule has 1 amide bonds. The zero-order valence-corrected chi connectivity index (χ0v) is 20.5. The number of hydrogen-bond acceptors (Lipinski definition) is 9. The van der Waals surface area contributed by atoms with E-state index in [0.717, 1.165) is 4.57 Å². The number of nitrogens with two attached hydrogens (primary N) is 1. The number of aromatic nitrogens is 2. The fraction of sp³-hybridized carbons (Fsp3) is 0.381. The van der Waals surface area contributed by atoms with Crippen molar-refractivity contribution in [1.82, 2.24) is 18.8 Å². The fourth-order valence-corrected chi connectivity index (χ4v) is 4.66. The number of Topliss-reactive ketones (excluding diaryl/α,β-unsaturated/α-hetero) is 1. The van der Waals surface area contributed by atoms with E-state index < -0.39 is 57.6 Å². The van der Waals surface area contributed by atoms with Crippen LogP contribution in [0.5, 0.6) is 0 Å². The van der Waals surface area contributed by atoms with Gasteiger partial charge in [-0.25, -0.2) is 13.2 Å². The van der Waals surface area contributed by atoms with Crippen LogP contribution in [0.25, 0.3) is 0 Å². The normalized spacial score (nSPS) is 11.3. The zero-order chi connectivity index (χ0) is 26.5. The summed E-state index contributed by atoms with van der Waals surface area (Å²) in [4.78, 5) is 60.7. The number of sulfonamides is 1. The van der Waals surface area contributed by atoms with Crippen molar-refractivity contribution < 1.29 is 27.5 Å². The van der Waals surface area contributed by atoms with Gasteiger partial charge in [0, 0.05) is 32.7 Å². The van der Waals surface area contributed by atoms with Gasteiger partial charge in [0.1, 0.15) is 17.9 Å². The molecule has 14 heteroatoms. The van der Waals surface area contributed by atoms with Gasteiger partial charge in [-0.1, -0.05) is 19.9 Å². The third-order valence-corrected chi connectivity index (χ3v) is 7.23. The number of nitrogens with one attached hydrogen (secondary N) is 1. The molecule has 0 fully saturated rings. The monoisotopic (exact) mass is 509 g/mol. The largest absolute Gasteiger partial charge is 0.456 e. The number of benzene rings is 1. The van der Waals surface area contributed by atoms with Gasteiger partial charge in [-0.3, -0.25) is 28.3 Å². The van der Waals surface area contributed by atoms with Gasteiger partial charge in [-0.15, -0.1) is 0 Å². The van der Waals surface area contributed by atoms with Crippen molar-refractivity contribution >= 4 is 33.5 Å². The average Bonchev–Trinajstić information content (AvgIpc) is 2.84. The summed E-state index contributed by atoms with van der Waals surface area (Å²) in [6.45, 7) is 2.44. The van der Waals surface area contributed by atoms with Crippen molar-refractivity contribution in [2.75, 3.05) is 32.0 Å². The molecule has 0 saturated heterocycles. The number of carbonyl (C=O) groups excluding carboxylic acids is 3. The predicted molar refractivity (Wildman–Crippen MR) is 126 cm³/mol. The molecule has 2 aromatic rings. The third-order valence-electron chi connectivity index (χ3n) is 5.19. The van der Waals surface area contributed by atoms with Gasteiger partial charge in [0.15, 0.2) is 6.61 Å². The topological polar surface area (TPSA) is 180 Å². The van der Waals surface area contributed by atoms with E-state index in [4.69, 9.17) is 10.5 Å². The number of esters is 1. The van der Waals surface area contributed by atoms with Crippen LogP contribution in [0.2, 0.25) is 0 Å². The average molecular weight is 510 g/mol. The maximum absolute atomic E-state index is 12.6. The van der Waals surface area contributed by atoms with E-state index in [1.807, 2.05) is 0 Å². The first-order chi connectivity index (χ1) is 16.4. The number of ether oxygens (including phenoxy) is 1. The molecule has 35 heavy (non-hydrogen) atoms. The molecule has 13 nitrogen and oxygen atoms in total. The van der Waals surface area contributed by atoms with E-state index in [0.29, 0.717) is 4.57 Å². The Morgan fingerprint density at radius 2 is 1.71 bits per heavy atom. The molecule has 2 rings (SSSR count). The van der Waals surface area contributed by atoms with E-state index in [9.17, 15) is 32.4 Å². The minimum absolute atomic E-state index is 0.00332. The van der Waals surface area contributed by atoms with Crippen molar-refractivity contribution in [3.63, 3.8) is 0 Å². The number of ketones is 1. The SMILES string of the molecule is CCN(CC)S(=O)(=O)c1cccc(C(=O)NCC(=O)OCC(=O)c2c(N)n(C)c(=O)n(C)c2=O)c1. The number of anilines is 1. The first-order valence-corrected chi connectivity index (χ1v) is 11.9. The molecule has 190 valence electrons.